The minimum atomic E-state index is -0.177. The van der Waals surface area contributed by atoms with Crippen LogP contribution in [-0.4, -0.2) is 45.7 Å². The van der Waals surface area contributed by atoms with Gasteiger partial charge in [0, 0.05) is 65.7 Å². The monoisotopic (exact) mass is 357 g/mol. The molecule has 1 aromatic carbocycles. The molecule has 1 aliphatic carbocycles. The molecule has 0 bridgehead atoms. The van der Waals surface area contributed by atoms with Gasteiger partial charge in [0.25, 0.3) is 0 Å². The van der Waals surface area contributed by atoms with Gasteiger partial charge in [-0.25, -0.2) is 0 Å². The Hall–Kier alpha value is -2.01. The number of carbonyl (C=O) groups excluding carboxylic acids is 2. The van der Waals surface area contributed by atoms with Crippen molar-refractivity contribution in [3.8, 4) is 0 Å². The van der Waals surface area contributed by atoms with E-state index < -0.39 is 0 Å². The lowest BCUT2D eigenvalue weighted by atomic mass is 10.0. The fourth-order valence-electron chi connectivity index (χ4n) is 4.27. The quantitative estimate of drug-likeness (QED) is 0.898. The average molecular weight is 358 g/mol. The third-order valence-corrected chi connectivity index (χ3v) is 5.98. The molecule has 3 heterocycles. The molecule has 2 aliphatic heterocycles. The van der Waals surface area contributed by atoms with Gasteiger partial charge in [-0.05, 0) is 31.0 Å². The standard InChI is InChI=1S/C19H20ClN3O2/c20-12-1-4-16-14(8-12)15-10-22(6-5-17(15)21-16)19(25)11-7-18(24)23(9-11)13-2-3-13/h1,4,8,11,13,21H,2-3,5-7,9-10H2. The lowest BCUT2D eigenvalue weighted by Gasteiger charge is -2.29. The van der Waals surface area contributed by atoms with E-state index in [1.54, 1.807) is 0 Å². The molecule has 1 unspecified atom stereocenters. The predicted molar refractivity (Wildman–Crippen MR) is 95.3 cm³/mol. The first-order chi connectivity index (χ1) is 12.1. The van der Waals surface area contributed by atoms with E-state index in [1.807, 2.05) is 28.0 Å². The molecule has 6 heteroatoms. The topological polar surface area (TPSA) is 56.4 Å². The first kappa shape index (κ1) is 15.3. The van der Waals surface area contributed by atoms with Crippen LogP contribution in [0, 0.1) is 5.92 Å². The number of halogens is 1. The number of carbonyl (C=O) groups is 2. The molecule has 5 nitrogen and oxygen atoms in total. The van der Waals surface area contributed by atoms with Crippen molar-refractivity contribution in [3.63, 3.8) is 0 Å². The molecule has 1 saturated carbocycles. The van der Waals surface area contributed by atoms with Crippen LogP contribution in [0.15, 0.2) is 18.2 Å². The Bertz CT molecular complexity index is 886. The second kappa shape index (κ2) is 5.49. The van der Waals surface area contributed by atoms with Gasteiger partial charge in [-0.2, -0.15) is 0 Å². The fourth-order valence-corrected chi connectivity index (χ4v) is 4.44. The zero-order valence-corrected chi connectivity index (χ0v) is 14.7. The molecule has 5 rings (SSSR count). The van der Waals surface area contributed by atoms with Crippen LogP contribution in [-0.2, 0) is 22.6 Å². The smallest absolute Gasteiger partial charge is 0.228 e. The summed E-state index contributed by atoms with van der Waals surface area (Å²) in [6.07, 6.45) is 3.38. The van der Waals surface area contributed by atoms with Crippen molar-refractivity contribution < 1.29 is 9.59 Å². The minimum absolute atomic E-state index is 0.124. The number of nitrogens with one attached hydrogen (secondary N) is 1. The van der Waals surface area contributed by atoms with Crippen LogP contribution in [0.1, 0.15) is 30.5 Å². The summed E-state index contributed by atoms with van der Waals surface area (Å²) in [6, 6.07) is 6.24. The molecule has 1 saturated heterocycles. The van der Waals surface area contributed by atoms with E-state index in [1.165, 1.54) is 11.3 Å². The van der Waals surface area contributed by atoms with Gasteiger partial charge in [0.15, 0.2) is 0 Å². The molecular weight excluding hydrogens is 338 g/mol. The zero-order valence-electron chi connectivity index (χ0n) is 13.9. The van der Waals surface area contributed by atoms with Crippen LogP contribution in [0.4, 0.5) is 0 Å². The van der Waals surface area contributed by atoms with Crippen molar-refractivity contribution in [2.75, 3.05) is 13.1 Å². The van der Waals surface area contributed by atoms with Gasteiger partial charge in [0.05, 0.1) is 5.92 Å². The van der Waals surface area contributed by atoms with Gasteiger partial charge in [0.2, 0.25) is 11.8 Å². The molecule has 2 aromatic rings. The van der Waals surface area contributed by atoms with E-state index in [0.29, 0.717) is 37.1 Å². The molecular formula is C19H20ClN3O2. The molecule has 1 N–H and O–H groups in total. The first-order valence-corrected chi connectivity index (χ1v) is 9.35. The highest BCUT2D eigenvalue weighted by atomic mass is 35.5. The number of aromatic nitrogens is 1. The maximum Gasteiger partial charge on any atom is 0.228 e. The van der Waals surface area contributed by atoms with Gasteiger partial charge in [-0.1, -0.05) is 11.6 Å². The summed E-state index contributed by atoms with van der Waals surface area (Å²) in [5.41, 5.74) is 3.43. The van der Waals surface area contributed by atoms with Crippen molar-refractivity contribution in [3.05, 3.63) is 34.5 Å². The molecule has 0 spiro atoms. The van der Waals surface area contributed by atoms with Crippen molar-refractivity contribution in [1.29, 1.82) is 0 Å². The van der Waals surface area contributed by atoms with Crippen molar-refractivity contribution in [2.24, 2.45) is 5.92 Å². The number of amides is 2. The number of benzene rings is 1. The highest BCUT2D eigenvalue weighted by Gasteiger charge is 2.43. The molecule has 2 fully saturated rings. The summed E-state index contributed by atoms with van der Waals surface area (Å²) in [6.45, 7) is 1.91. The summed E-state index contributed by atoms with van der Waals surface area (Å²) < 4.78 is 0. The second-order valence-corrected chi connectivity index (χ2v) is 7.90. The zero-order chi connectivity index (χ0) is 17.1. The Morgan fingerprint density at radius 3 is 2.92 bits per heavy atom. The first-order valence-electron chi connectivity index (χ1n) is 8.97. The Kier molecular flexibility index (Phi) is 3.35. The summed E-state index contributed by atoms with van der Waals surface area (Å²) in [7, 11) is 0. The number of hydrogen-bond donors (Lipinski definition) is 1. The van der Waals surface area contributed by atoms with Crippen LogP contribution in [0.25, 0.3) is 10.9 Å². The number of fused-ring (bicyclic) bond motifs is 3. The number of rotatable bonds is 2. The molecule has 25 heavy (non-hydrogen) atoms. The lowest BCUT2D eigenvalue weighted by molar-refractivity contribution is -0.136. The molecule has 2 amide bonds. The van der Waals surface area contributed by atoms with E-state index >= 15 is 0 Å². The fraction of sp³-hybridized carbons (Fsp3) is 0.474. The minimum Gasteiger partial charge on any atom is -0.358 e. The van der Waals surface area contributed by atoms with Crippen LogP contribution in [0.3, 0.4) is 0 Å². The van der Waals surface area contributed by atoms with Crippen LogP contribution in [0.2, 0.25) is 5.02 Å². The van der Waals surface area contributed by atoms with E-state index in [4.69, 9.17) is 11.6 Å². The third-order valence-electron chi connectivity index (χ3n) is 5.74. The van der Waals surface area contributed by atoms with Crippen molar-refractivity contribution in [1.82, 2.24) is 14.8 Å². The molecule has 3 aliphatic rings. The Labute approximate surface area is 150 Å². The SMILES string of the molecule is O=C(C1CC(=O)N(C2CC2)C1)N1CCc2[nH]c3ccc(Cl)cc3c2C1. The van der Waals surface area contributed by atoms with Crippen LogP contribution < -0.4 is 0 Å². The van der Waals surface area contributed by atoms with Gasteiger partial charge in [0.1, 0.15) is 0 Å². The number of aromatic amines is 1. The summed E-state index contributed by atoms with van der Waals surface area (Å²) in [5.74, 6) is 0.0967. The summed E-state index contributed by atoms with van der Waals surface area (Å²) in [4.78, 5) is 32.4. The molecule has 130 valence electrons. The molecule has 0 radical (unpaired) electrons. The Morgan fingerprint density at radius 2 is 2.12 bits per heavy atom. The summed E-state index contributed by atoms with van der Waals surface area (Å²) in [5, 5.41) is 1.81. The summed E-state index contributed by atoms with van der Waals surface area (Å²) >= 11 is 6.15. The van der Waals surface area contributed by atoms with Gasteiger partial charge in [-0.3, -0.25) is 9.59 Å². The maximum atomic E-state index is 13.0. The second-order valence-electron chi connectivity index (χ2n) is 7.46. The largest absolute Gasteiger partial charge is 0.358 e. The normalized spacial score (nSPS) is 23.4. The number of likely N-dealkylation sites (tertiary alicyclic amines) is 1. The van der Waals surface area contributed by atoms with Crippen molar-refractivity contribution in [2.45, 2.75) is 38.3 Å². The van der Waals surface area contributed by atoms with E-state index in [9.17, 15) is 9.59 Å². The number of H-pyrrole nitrogens is 1. The number of hydrogen-bond acceptors (Lipinski definition) is 2. The van der Waals surface area contributed by atoms with Crippen LogP contribution in [0.5, 0.6) is 0 Å². The Balaban J connectivity index is 1.38. The highest BCUT2D eigenvalue weighted by Crippen LogP contribution is 2.35. The van der Waals surface area contributed by atoms with Gasteiger partial charge < -0.3 is 14.8 Å². The predicted octanol–water partition coefficient (Wildman–Crippen LogP) is 2.72. The van der Waals surface area contributed by atoms with Gasteiger partial charge in [-0.15, -0.1) is 0 Å². The molecule has 1 aromatic heterocycles. The maximum absolute atomic E-state index is 13.0. The Morgan fingerprint density at radius 1 is 1.28 bits per heavy atom. The van der Waals surface area contributed by atoms with E-state index in [2.05, 4.69) is 4.98 Å². The van der Waals surface area contributed by atoms with Crippen molar-refractivity contribution >= 4 is 34.3 Å². The van der Waals surface area contributed by atoms with E-state index in [0.717, 1.165) is 30.2 Å². The van der Waals surface area contributed by atoms with Crippen LogP contribution >= 0.6 is 11.6 Å². The lowest BCUT2D eigenvalue weighted by Crippen LogP contribution is -2.40. The highest BCUT2D eigenvalue weighted by molar-refractivity contribution is 6.31. The van der Waals surface area contributed by atoms with E-state index in [-0.39, 0.29) is 17.7 Å². The average Bonchev–Trinajstić information content (AvgIpc) is 3.29. The van der Waals surface area contributed by atoms with Gasteiger partial charge >= 0.3 is 0 Å². The number of nitrogens with zero attached hydrogens (tertiary/aromatic N) is 2. The third kappa shape index (κ3) is 2.53. The molecule has 1 atom stereocenters.